The van der Waals surface area contributed by atoms with Crippen LogP contribution in [0.1, 0.15) is 1.43 Å². The van der Waals surface area contributed by atoms with Gasteiger partial charge in [0.05, 0.1) is 0 Å². The second kappa shape index (κ2) is 3.57. The molecule has 0 aliphatic carbocycles. The van der Waals surface area contributed by atoms with Crippen molar-refractivity contribution in [1.29, 1.82) is 0 Å². The first-order chi connectivity index (χ1) is 3.81. The zero-order chi connectivity index (χ0) is 7.71. The molecule has 0 atom stereocenters. The summed E-state index contributed by atoms with van der Waals surface area (Å²) >= 11 is 0. The van der Waals surface area contributed by atoms with E-state index in [9.17, 15) is 26.1 Å². The Bertz CT molecular complexity index is 186. The minimum absolute atomic E-state index is 0. The van der Waals surface area contributed by atoms with Gasteiger partial charge in [0.25, 0.3) is 0 Å². The molecule has 0 spiro atoms. The average Bonchev–Trinajstić information content (AvgIpc) is 1.64. The summed E-state index contributed by atoms with van der Waals surface area (Å²) in [5.41, 5.74) is -5.68. The van der Waals surface area contributed by atoms with Gasteiger partial charge in [0.15, 0.2) is 0 Å². The molecule has 0 unspecified atom stereocenters. The third-order valence-corrected chi connectivity index (χ3v) is 1.10. The molecule has 9 heteroatoms. The Morgan fingerprint density at radius 1 is 1.30 bits per heavy atom. The Morgan fingerprint density at radius 2 is 1.60 bits per heavy atom. The van der Waals surface area contributed by atoms with Crippen LogP contribution in [0.2, 0.25) is 0 Å². The van der Waals surface area contributed by atoms with Gasteiger partial charge in [-0.15, -0.1) is 0 Å². The topological polar surface area (TPSA) is 43.4 Å². The second-order valence-corrected chi connectivity index (χ2v) is 2.46. The molecule has 58 valence electrons. The standard InChI is InChI=1S/CF4O3S.Li.H/c2-1(3,4)9(6,7)8-5;;/q;+1;-1. The van der Waals surface area contributed by atoms with Gasteiger partial charge in [-0.3, -0.25) is 0 Å². The van der Waals surface area contributed by atoms with Crippen LogP contribution in [0.25, 0.3) is 0 Å². The molecule has 0 heterocycles. The van der Waals surface area contributed by atoms with Crippen molar-refractivity contribution in [3.8, 4) is 0 Å². The maximum atomic E-state index is 10.9. The molecule has 0 aliphatic rings. The van der Waals surface area contributed by atoms with Gasteiger partial charge in [-0.25, -0.2) is 0 Å². The first-order valence-electron chi connectivity index (χ1n) is 1.43. The number of halogens is 4. The summed E-state index contributed by atoms with van der Waals surface area (Å²) in [6.45, 7) is 0. The van der Waals surface area contributed by atoms with Crippen LogP contribution >= 0.6 is 0 Å². The Labute approximate surface area is 67.0 Å². The molecule has 0 aromatic heterocycles. The maximum absolute atomic E-state index is 10.9. The van der Waals surface area contributed by atoms with Gasteiger partial charge in [0, 0.05) is 0 Å². The largest absolute Gasteiger partial charge is 1.00 e. The average molecular weight is 176 g/mol. The summed E-state index contributed by atoms with van der Waals surface area (Å²) in [6, 6.07) is 0. The smallest absolute Gasteiger partial charge is 1.00 e. The fraction of sp³-hybridized carbons (Fsp3) is 1.00. The third kappa shape index (κ3) is 2.87. The van der Waals surface area contributed by atoms with Crippen LogP contribution in [0.4, 0.5) is 17.7 Å². The molecule has 0 fully saturated rings. The minimum Gasteiger partial charge on any atom is -1.00 e. The summed E-state index contributed by atoms with van der Waals surface area (Å²) < 4.78 is 63.3. The molecule has 0 radical (unpaired) electrons. The first-order valence-corrected chi connectivity index (χ1v) is 2.83. The van der Waals surface area contributed by atoms with Crippen LogP contribution < -0.4 is 18.9 Å². The summed E-state index contributed by atoms with van der Waals surface area (Å²) in [4.78, 5) is 0. The van der Waals surface area contributed by atoms with Crippen molar-refractivity contribution in [2.75, 3.05) is 0 Å². The van der Waals surface area contributed by atoms with Gasteiger partial charge in [0.1, 0.15) is 0 Å². The normalized spacial score (nSPS) is 12.4. The van der Waals surface area contributed by atoms with Crippen molar-refractivity contribution in [3.05, 3.63) is 0 Å². The number of hydrogen-bond acceptors (Lipinski definition) is 3. The van der Waals surface area contributed by atoms with Crippen molar-refractivity contribution in [2.45, 2.75) is 5.51 Å². The van der Waals surface area contributed by atoms with E-state index in [1.807, 2.05) is 0 Å². The zero-order valence-electron chi connectivity index (χ0n) is 5.64. The molecule has 0 saturated carbocycles. The molecular weight excluding hydrogens is 175 g/mol. The molecule has 0 aliphatic heterocycles. The maximum Gasteiger partial charge on any atom is 1.00 e. The predicted octanol–water partition coefficient (Wildman–Crippen LogP) is -2.15. The predicted molar refractivity (Wildman–Crippen MR) is 18.3 cm³/mol. The van der Waals surface area contributed by atoms with E-state index in [1.54, 1.807) is 4.39 Å². The molecule has 0 aromatic rings. The van der Waals surface area contributed by atoms with E-state index in [4.69, 9.17) is 0 Å². The number of alkyl halides is 3. The van der Waals surface area contributed by atoms with E-state index in [2.05, 4.69) is 0 Å². The molecule has 0 N–H and O–H groups in total. The van der Waals surface area contributed by atoms with Crippen LogP contribution in [-0.2, 0) is 14.5 Å². The van der Waals surface area contributed by atoms with E-state index >= 15 is 0 Å². The van der Waals surface area contributed by atoms with Crippen LogP contribution in [0, 0.1) is 0 Å². The van der Waals surface area contributed by atoms with Crippen LogP contribution in [0.5, 0.6) is 0 Å². The Morgan fingerprint density at radius 3 is 1.60 bits per heavy atom. The van der Waals surface area contributed by atoms with Crippen molar-refractivity contribution in [3.63, 3.8) is 0 Å². The molecule has 10 heavy (non-hydrogen) atoms. The van der Waals surface area contributed by atoms with Crippen molar-refractivity contribution < 1.29 is 50.8 Å². The summed E-state index contributed by atoms with van der Waals surface area (Å²) in [5, 5.41) is 0. The van der Waals surface area contributed by atoms with E-state index in [0.717, 1.165) is 0 Å². The van der Waals surface area contributed by atoms with Crippen molar-refractivity contribution in [2.24, 2.45) is 0 Å². The summed E-state index contributed by atoms with van der Waals surface area (Å²) in [5.74, 6) is 0. The van der Waals surface area contributed by atoms with E-state index in [0.29, 0.717) is 0 Å². The first kappa shape index (κ1) is 12.9. The molecule has 0 saturated heterocycles. The van der Waals surface area contributed by atoms with Gasteiger partial charge in [-0.2, -0.15) is 21.6 Å². The Balaban J connectivity index is -0.000000320. The number of hydrogen-bond donors (Lipinski definition) is 0. The minimum atomic E-state index is -6.00. The van der Waals surface area contributed by atoms with E-state index in [1.165, 1.54) is 0 Å². The van der Waals surface area contributed by atoms with Crippen molar-refractivity contribution >= 4 is 10.1 Å². The zero-order valence-corrected chi connectivity index (χ0v) is 5.46. The number of rotatable bonds is 1. The van der Waals surface area contributed by atoms with Crippen LogP contribution in [0.3, 0.4) is 0 Å². The van der Waals surface area contributed by atoms with E-state index < -0.39 is 15.6 Å². The Hall–Kier alpha value is 0.227. The van der Waals surface area contributed by atoms with Gasteiger partial charge >= 0.3 is 34.5 Å². The molecule has 0 aromatic carbocycles. The van der Waals surface area contributed by atoms with Gasteiger partial charge < -0.3 is 1.43 Å². The quantitative estimate of drug-likeness (QED) is 0.260. The molecule has 3 nitrogen and oxygen atoms in total. The van der Waals surface area contributed by atoms with Gasteiger partial charge in [-0.05, 0) is 4.53 Å². The fourth-order valence-corrected chi connectivity index (χ4v) is 0.107. The molecule has 0 rings (SSSR count). The van der Waals surface area contributed by atoms with Crippen LogP contribution in [0.15, 0.2) is 0 Å². The fourth-order valence-electron chi connectivity index (χ4n) is 0.0357. The van der Waals surface area contributed by atoms with Crippen molar-refractivity contribution in [1.82, 2.24) is 0 Å². The molecular formula is CHF4LiO3S. The SMILES string of the molecule is O=S(=O)(OF)C(F)(F)F.[H-].[Li+]. The van der Waals surface area contributed by atoms with E-state index in [-0.39, 0.29) is 20.3 Å². The second-order valence-electron chi connectivity index (χ2n) is 0.963. The summed E-state index contributed by atoms with van der Waals surface area (Å²) in [7, 11) is -6.00. The molecule has 0 bridgehead atoms. The summed E-state index contributed by atoms with van der Waals surface area (Å²) in [6.07, 6.45) is 0. The van der Waals surface area contributed by atoms with Gasteiger partial charge in [0.2, 0.25) is 0 Å². The monoisotopic (exact) mass is 176 g/mol. The van der Waals surface area contributed by atoms with Gasteiger partial charge in [-0.1, -0.05) is 4.39 Å². The third-order valence-electron chi connectivity index (χ3n) is 0.366. The van der Waals surface area contributed by atoms with Crippen LogP contribution in [-0.4, -0.2) is 13.9 Å². The Kier molecular flexibility index (Phi) is 4.59. The molecule has 0 amide bonds.